The molecular formula is C18H16N2O2S2. The molecule has 6 heteroatoms. The van der Waals surface area contributed by atoms with Crippen LogP contribution in [-0.2, 0) is 19.2 Å². The third-order valence-corrected chi connectivity index (χ3v) is 4.72. The van der Waals surface area contributed by atoms with Crippen LogP contribution in [0.25, 0.3) is 0 Å². The van der Waals surface area contributed by atoms with Crippen molar-refractivity contribution < 1.29 is 13.8 Å². The maximum absolute atomic E-state index is 12.9. The van der Waals surface area contributed by atoms with E-state index in [0.29, 0.717) is 22.2 Å². The molecule has 0 N–H and O–H groups in total. The van der Waals surface area contributed by atoms with Crippen molar-refractivity contribution in [2.24, 2.45) is 4.99 Å². The van der Waals surface area contributed by atoms with Crippen LogP contribution in [-0.4, -0.2) is 10.8 Å². The number of rotatable bonds is 6. The lowest BCUT2D eigenvalue weighted by atomic mass is 10.1. The molecule has 0 aromatic carbocycles. The lowest BCUT2D eigenvalue weighted by molar-refractivity contribution is -0.692. The molecule has 0 fully saturated rings. The first-order valence-electron chi connectivity index (χ1n) is 7.44. The highest BCUT2D eigenvalue weighted by molar-refractivity contribution is 7.77. The smallest absolute Gasteiger partial charge is 0.244 e. The number of ketones is 1. The van der Waals surface area contributed by atoms with Crippen LogP contribution < -0.4 is 4.57 Å². The first-order chi connectivity index (χ1) is 11.6. The molecule has 0 amide bonds. The molecule has 0 aliphatic carbocycles. The van der Waals surface area contributed by atoms with Crippen LogP contribution in [0.5, 0.6) is 0 Å². The van der Waals surface area contributed by atoms with Crippen LogP contribution in [0.15, 0.2) is 69.8 Å². The van der Waals surface area contributed by atoms with Crippen molar-refractivity contribution in [1.82, 2.24) is 0 Å². The summed E-state index contributed by atoms with van der Waals surface area (Å²) in [5.41, 5.74) is 1.05. The Kier molecular flexibility index (Phi) is 5.17. The van der Waals surface area contributed by atoms with Crippen LogP contribution in [0.2, 0.25) is 0 Å². The normalized spacial score (nSPS) is 13.0. The van der Waals surface area contributed by atoms with Gasteiger partial charge in [0.25, 0.3) is 0 Å². The Morgan fingerprint density at radius 1 is 1.33 bits per heavy atom. The highest BCUT2D eigenvalue weighted by atomic mass is 32.1. The van der Waals surface area contributed by atoms with Gasteiger partial charge in [-0.25, -0.2) is 0 Å². The number of aryl methyl sites for hydroxylation is 1. The lowest BCUT2D eigenvalue weighted by Crippen LogP contribution is -2.47. The molecule has 0 aliphatic rings. The minimum absolute atomic E-state index is 0.0474. The second-order valence-corrected chi connectivity index (χ2v) is 6.67. The van der Waals surface area contributed by atoms with Crippen LogP contribution >= 0.6 is 11.3 Å². The van der Waals surface area contributed by atoms with Crippen molar-refractivity contribution in [2.75, 3.05) is 0 Å². The summed E-state index contributed by atoms with van der Waals surface area (Å²) in [4.78, 5) is 18.0. The Hall–Kier alpha value is -2.31. The molecule has 122 valence electrons. The fourth-order valence-corrected chi connectivity index (χ4v) is 3.33. The van der Waals surface area contributed by atoms with Gasteiger partial charge in [0, 0.05) is 11.6 Å². The summed E-state index contributed by atoms with van der Waals surface area (Å²) in [5.74, 6) is 0.669. The summed E-state index contributed by atoms with van der Waals surface area (Å²) in [6, 6.07) is 10.6. The minimum atomic E-state index is -0.631. The summed E-state index contributed by atoms with van der Waals surface area (Å²) in [6.45, 7) is 2.30. The van der Waals surface area contributed by atoms with Crippen molar-refractivity contribution in [2.45, 2.75) is 19.5 Å². The third-order valence-electron chi connectivity index (χ3n) is 3.49. The summed E-state index contributed by atoms with van der Waals surface area (Å²) < 4.78 is 7.10. The van der Waals surface area contributed by atoms with Gasteiger partial charge in [0.05, 0.1) is 17.7 Å². The van der Waals surface area contributed by atoms with Gasteiger partial charge in [-0.05, 0) is 41.6 Å². The number of pyridine rings is 1. The van der Waals surface area contributed by atoms with Gasteiger partial charge in [0.2, 0.25) is 11.8 Å². The van der Waals surface area contributed by atoms with E-state index in [1.807, 2.05) is 59.6 Å². The zero-order valence-electron chi connectivity index (χ0n) is 13.1. The standard InChI is InChI=1S/C18H16N2O2S2/c1-13-5-2-8-20(12-13)16(17(21)15-7-4-10-24-15)18(23)19-11-14-6-3-9-22-14/h2-10,12,16H,11H2,1H3/t16-/m1/s1. The average Bonchev–Trinajstić information content (AvgIpc) is 3.27. The molecule has 0 radical (unpaired) electrons. The van der Waals surface area contributed by atoms with E-state index < -0.39 is 6.04 Å². The highest BCUT2D eigenvalue weighted by Crippen LogP contribution is 2.17. The minimum Gasteiger partial charge on any atom is -0.758 e. The molecule has 3 rings (SSSR count). The summed E-state index contributed by atoms with van der Waals surface area (Å²) in [7, 11) is 0. The molecule has 3 aromatic rings. The predicted octanol–water partition coefficient (Wildman–Crippen LogP) is 3.51. The molecule has 0 aliphatic heterocycles. The zero-order chi connectivity index (χ0) is 16.9. The van der Waals surface area contributed by atoms with Crippen molar-refractivity contribution in [3.63, 3.8) is 0 Å². The molecule has 0 spiro atoms. The third kappa shape index (κ3) is 3.77. The van der Waals surface area contributed by atoms with Crippen molar-refractivity contribution >= 4 is 34.8 Å². The lowest BCUT2D eigenvalue weighted by Gasteiger charge is -2.18. The fraction of sp³-hybridized carbons (Fsp3) is 0.167. The van der Waals surface area contributed by atoms with Gasteiger partial charge in [0.15, 0.2) is 12.4 Å². The Labute approximate surface area is 149 Å². The molecule has 0 saturated carbocycles. The number of hydrogen-bond acceptors (Lipinski definition) is 5. The van der Waals surface area contributed by atoms with Crippen LogP contribution in [0.4, 0.5) is 0 Å². The Morgan fingerprint density at radius 2 is 2.21 bits per heavy atom. The molecule has 1 atom stereocenters. The number of carbonyl (C=O) groups excluding carboxylic acids is 1. The van der Waals surface area contributed by atoms with E-state index in [4.69, 9.17) is 17.0 Å². The van der Waals surface area contributed by atoms with Crippen molar-refractivity contribution in [3.05, 3.63) is 76.6 Å². The van der Waals surface area contributed by atoms with Gasteiger partial charge < -0.3 is 22.0 Å². The van der Waals surface area contributed by atoms with E-state index in [1.54, 1.807) is 12.3 Å². The van der Waals surface area contributed by atoms with Crippen LogP contribution in [0.3, 0.4) is 0 Å². The predicted molar refractivity (Wildman–Crippen MR) is 96.3 cm³/mol. The summed E-state index contributed by atoms with van der Waals surface area (Å²) in [5, 5.41) is 2.23. The second kappa shape index (κ2) is 7.51. The molecule has 4 nitrogen and oxygen atoms in total. The number of carbonyl (C=O) groups is 1. The zero-order valence-corrected chi connectivity index (χ0v) is 14.7. The molecule has 3 heterocycles. The van der Waals surface area contributed by atoms with E-state index in [0.717, 1.165) is 5.56 Å². The van der Waals surface area contributed by atoms with Crippen LogP contribution in [0, 0.1) is 6.92 Å². The molecule has 0 unspecified atom stereocenters. The number of hydrogen-bond donors (Lipinski definition) is 0. The van der Waals surface area contributed by atoms with Gasteiger partial charge >= 0.3 is 0 Å². The van der Waals surface area contributed by atoms with Gasteiger partial charge in [-0.1, -0.05) is 6.07 Å². The Balaban J connectivity index is 1.95. The maximum Gasteiger partial charge on any atom is 0.244 e. The molecule has 3 aromatic heterocycles. The number of aromatic nitrogens is 1. The van der Waals surface area contributed by atoms with Crippen molar-refractivity contribution in [1.29, 1.82) is 0 Å². The fourth-order valence-electron chi connectivity index (χ4n) is 2.35. The molecule has 24 heavy (non-hydrogen) atoms. The Bertz CT molecular complexity index is 840. The van der Waals surface area contributed by atoms with E-state index in [1.165, 1.54) is 11.3 Å². The number of nitrogens with zero attached hydrogens (tertiary/aromatic N) is 2. The quantitative estimate of drug-likeness (QED) is 0.223. The largest absolute Gasteiger partial charge is 0.758 e. The molecule has 0 bridgehead atoms. The number of aliphatic imine (C=N–C) groups is 1. The SMILES string of the molecule is Cc1ccc[n+]([C@H](C(=O)c2cccs2)C([S-])=NCc2ccco2)c1. The van der Waals surface area contributed by atoms with E-state index in [-0.39, 0.29) is 5.78 Å². The van der Waals surface area contributed by atoms with Gasteiger partial charge in [0.1, 0.15) is 5.76 Å². The van der Waals surface area contributed by atoms with E-state index >= 15 is 0 Å². The monoisotopic (exact) mass is 356 g/mol. The number of thiophene rings is 1. The highest BCUT2D eigenvalue weighted by Gasteiger charge is 2.29. The maximum atomic E-state index is 12.9. The average molecular weight is 356 g/mol. The van der Waals surface area contributed by atoms with Crippen LogP contribution in [0.1, 0.15) is 27.0 Å². The van der Waals surface area contributed by atoms with Crippen molar-refractivity contribution in [3.8, 4) is 0 Å². The van der Waals surface area contributed by atoms with E-state index in [9.17, 15) is 4.79 Å². The second-order valence-electron chi connectivity index (χ2n) is 5.31. The van der Waals surface area contributed by atoms with Gasteiger partial charge in [-0.15, -0.1) is 11.3 Å². The van der Waals surface area contributed by atoms with Gasteiger partial charge in [-0.3, -0.25) is 4.79 Å². The number of furan rings is 1. The topological polar surface area (TPSA) is 46.5 Å². The molecular weight excluding hydrogens is 340 g/mol. The number of Topliss-reactive ketones (excluding diaryl/α,β-unsaturated/α-hetero) is 1. The molecule has 0 saturated heterocycles. The first-order valence-corrected chi connectivity index (χ1v) is 8.73. The summed E-state index contributed by atoms with van der Waals surface area (Å²) in [6.07, 6.45) is 5.35. The Morgan fingerprint density at radius 3 is 2.88 bits per heavy atom. The van der Waals surface area contributed by atoms with Gasteiger partial charge in [-0.2, -0.15) is 4.57 Å². The summed E-state index contributed by atoms with van der Waals surface area (Å²) >= 11 is 6.89. The first kappa shape index (κ1) is 16.5. The van der Waals surface area contributed by atoms with E-state index in [2.05, 4.69) is 4.99 Å².